The molecule has 1 aliphatic heterocycles. The van der Waals surface area contributed by atoms with E-state index in [1.165, 1.54) is 0 Å². The molecule has 0 radical (unpaired) electrons. The molecule has 0 fully saturated rings. The summed E-state index contributed by atoms with van der Waals surface area (Å²) in [6.45, 7) is 1.73. The van der Waals surface area contributed by atoms with Crippen LogP contribution in [0.15, 0.2) is 29.3 Å². The molecular formula is C9H11N3O. The normalized spacial score (nSPS) is 14.9. The molecule has 0 spiro atoms. The summed E-state index contributed by atoms with van der Waals surface area (Å²) in [7, 11) is 0. The first-order valence-corrected chi connectivity index (χ1v) is 4.17. The minimum absolute atomic E-state index is 0.278. The average molecular weight is 177 g/mol. The van der Waals surface area contributed by atoms with E-state index in [1.54, 1.807) is 18.5 Å². The molecule has 0 unspecified atom stereocenters. The van der Waals surface area contributed by atoms with Crippen molar-refractivity contribution in [3.05, 3.63) is 24.3 Å². The maximum Gasteiger partial charge on any atom is 0.115 e. The lowest BCUT2D eigenvalue weighted by molar-refractivity contribution is 0.475. The highest BCUT2D eigenvalue weighted by molar-refractivity contribution is 5.61. The van der Waals surface area contributed by atoms with E-state index in [-0.39, 0.29) is 5.75 Å². The Morgan fingerprint density at radius 1 is 1.31 bits per heavy atom. The SMILES string of the molecule is Oc1ccc(NN2C=NCC2)cc1. The highest BCUT2D eigenvalue weighted by atomic mass is 16.3. The van der Waals surface area contributed by atoms with E-state index >= 15 is 0 Å². The first-order chi connectivity index (χ1) is 6.34. The molecule has 1 heterocycles. The second kappa shape index (κ2) is 3.35. The molecule has 4 heteroatoms. The maximum atomic E-state index is 9.05. The van der Waals surface area contributed by atoms with Crippen LogP contribution < -0.4 is 5.43 Å². The Balaban J connectivity index is 2.01. The lowest BCUT2D eigenvalue weighted by Gasteiger charge is -2.16. The van der Waals surface area contributed by atoms with Gasteiger partial charge < -0.3 is 5.11 Å². The van der Waals surface area contributed by atoms with Crippen molar-refractivity contribution in [2.45, 2.75) is 0 Å². The van der Waals surface area contributed by atoms with E-state index in [0.29, 0.717) is 0 Å². The van der Waals surface area contributed by atoms with Crippen molar-refractivity contribution in [3.63, 3.8) is 0 Å². The van der Waals surface area contributed by atoms with Gasteiger partial charge in [-0.05, 0) is 24.3 Å². The zero-order valence-corrected chi connectivity index (χ0v) is 7.14. The van der Waals surface area contributed by atoms with Crippen LogP contribution in [0.1, 0.15) is 0 Å². The van der Waals surface area contributed by atoms with Gasteiger partial charge in [-0.2, -0.15) is 0 Å². The summed E-state index contributed by atoms with van der Waals surface area (Å²) in [6, 6.07) is 6.94. The molecule has 0 saturated heterocycles. The molecule has 2 N–H and O–H groups in total. The van der Waals surface area contributed by atoms with Crippen molar-refractivity contribution in [2.24, 2.45) is 4.99 Å². The summed E-state index contributed by atoms with van der Waals surface area (Å²) in [4.78, 5) is 4.07. The Morgan fingerprint density at radius 3 is 2.69 bits per heavy atom. The topological polar surface area (TPSA) is 47.9 Å². The summed E-state index contributed by atoms with van der Waals surface area (Å²) in [6.07, 6.45) is 1.77. The quantitative estimate of drug-likeness (QED) is 0.664. The number of rotatable bonds is 2. The molecule has 1 aromatic rings. The predicted octanol–water partition coefficient (Wildman–Crippen LogP) is 1.06. The maximum absolute atomic E-state index is 9.05. The minimum Gasteiger partial charge on any atom is -0.508 e. The Labute approximate surface area is 76.5 Å². The van der Waals surface area contributed by atoms with Crippen molar-refractivity contribution < 1.29 is 5.11 Å². The largest absolute Gasteiger partial charge is 0.508 e. The lowest BCUT2D eigenvalue weighted by atomic mass is 10.3. The summed E-state index contributed by atoms with van der Waals surface area (Å²) >= 11 is 0. The molecule has 2 rings (SSSR count). The zero-order chi connectivity index (χ0) is 9.10. The van der Waals surface area contributed by atoms with Crippen molar-refractivity contribution >= 4 is 12.0 Å². The lowest BCUT2D eigenvalue weighted by Crippen LogP contribution is -2.26. The molecule has 1 aromatic carbocycles. The van der Waals surface area contributed by atoms with Crippen molar-refractivity contribution in [3.8, 4) is 5.75 Å². The van der Waals surface area contributed by atoms with Crippen LogP contribution in [0.5, 0.6) is 5.75 Å². The molecule has 0 saturated carbocycles. The molecule has 0 aromatic heterocycles. The average Bonchev–Trinajstić information content (AvgIpc) is 2.62. The number of phenolic OH excluding ortho intramolecular Hbond substituents is 1. The highest BCUT2D eigenvalue weighted by Gasteiger charge is 2.03. The van der Waals surface area contributed by atoms with Gasteiger partial charge in [0, 0.05) is 0 Å². The third-order valence-corrected chi connectivity index (χ3v) is 1.83. The first kappa shape index (κ1) is 7.91. The van der Waals surface area contributed by atoms with E-state index < -0.39 is 0 Å². The van der Waals surface area contributed by atoms with E-state index in [9.17, 15) is 0 Å². The van der Waals surface area contributed by atoms with Crippen LogP contribution in [0.25, 0.3) is 0 Å². The molecule has 0 amide bonds. The molecule has 13 heavy (non-hydrogen) atoms. The standard InChI is InChI=1S/C9H11N3O/c13-9-3-1-8(2-4-9)11-12-6-5-10-7-12/h1-4,7,11,13H,5-6H2. The van der Waals surface area contributed by atoms with Gasteiger partial charge in [0.1, 0.15) is 12.1 Å². The van der Waals surface area contributed by atoms with Gasteiger partial charge in [0.25, 0.3) is 0 Å². The summed E-state index contributed by atoms with van der Waals surface area (Å²) < 4.78 is 0. The Bertz CT molecular complexity index is 307. The van der Waals surface area contributed by atoms with Gasteiger partial charge in [-0.25, -0.2) is 0 Å². The monoisotopic (exact) mass is 177 g/mol. The van der Waals surface area contributed by atoms with Gasteiger partial charge in [0.2, 0.25) is 0 Å². The second-order valence-corrected chi connectivity index (χ2v) is 2.87. The molecular weight excluding hydrogens is 166 g/mol. The van der Waals surface area contributed by atoms with Crippen molar-refractivity contribution in [1.82, 2.24) is 5.01 Å². The second-order valence-electron chi connectivity index (χ2n) is 2.87. The third kappa shape index (κ3) is 1.90. The zero-order valence-electron chi connectivity index (χ0n) is 7.14. The van der Waals surface area contributed by atoms with Crippen LogP contribution in [-0.2, 0) is 0 Å². The molecule has 68 valence electrons. The third-order valence-electron chi connectivity index (χ3n) is 1.83. The highest BCUT2D eigenvalue weighted by Crippen LogP contribution is 2.14. The van der Waals surface area contributed by atoms with Crippen LogP contribution >= 0.6 is 0 Å². The number of nitrogens with one attached hydrogen (secondary N) is 1. The van der Waals surface area contributed by atoms with Gasteiger partial charge in [-0.1, -0.05) is 0 Å². The predicted molar refractivity (Wildman–Crippen MR) is 51.8 cm³/mol. The van der Waals surface area contributed by atoms with Crippen LogP contribution in [0, 0.1) is 0 Å². The van der Waals surface area contributed by atoms with E-state index in [0.717, 1.165) is 18.8 Å². The van der Waals surface area contributed by atoms with Crippen LogP contribution in [0.2, 0.25) is 0 Å². The number of hydrazine groups is 1. The molecule has 0 atom stereocenters. The Morgan fingerprint density at radius 2 is 2.08 bits per heavy atom. The number of nitrogens with zero attached hydrogens (tertiary/aromatic N) is 2. The van der Waals surface area contributed by atoms with Crippen molar-refractivity contribution in [2.75, 3.05) is 18.5 Å². The first-order valence-electron chi connectivity index (χ1n) is 4.17. The Kier molecular flexibility index (Phi) is 2.04. The number of benzene rings is 1. The van der Waals surface area contributed by atoms with Gasteiger partial charge in [0.05, 0.1) is 18.8 Å². The molecule has 0 aliphatic carbocycles. The fourth-order valence-corrected chi connectivity index (χ4v) is 1.17. The van der Waals surface area contributed by atoms with Crippen LogP contribution in [-0.4, -0.2) is 29.5 Å². The number of aromatic hydroxyl groups is 1. The summed E-state index contributed by atoms with van der Waals surface area (Å²) in [5.41, 5.74) is 4.09. The Hall–Kier alpha value is -1.71. The fourth-order valence-electron chi connectivity index (χ4n) is 1.17. The van der Waals surface area contributed by atoms with Gasteiger partial charge in [-0.15, -0.1) is 0 Å². The molecule has 1 aliphatic rings. The summed E-state index contributed by atoms with van der Waals surface area (Å²) in [5.74, 6) is 0.278. The number of anilines is 1. The van der Waals surface area contributed by atoms with Gasteiger partial charge in [-0.3, -0.25) is 15.4 Å². The smallest absolute Gasteiger partial charge is 0.115 e. The minimum atomic E-state index is 0.278. The van der Waals surface area contributed by atoms with Crippen LogP contribution in [0.4, 0.5) is 5.69 Å². The number of aliphatic imine (C=N–C) groups is 1. The van der Waals surface area contributed by atoms with E-state index in [4.69, 9.17) is 5.11 Å². The fraction of sp³-hybridized carbons (Fsp3) is 0.222. The summed E-state index contributed by atoms with van der Waals surface area (Å²) in [5, 5.41) is 11.0. The van der Waals surface area contributed by atoms with Gasteiger partial charge >= 0.3 is 0 Å². The number of hydrogen-bond acceptors (Lipinski definition) is 4. The molecule has 4 nitrogen and oxygen atoms in total. The van der Waals surface area contributed by atoms with Gasteiger partial charge in [0.15, 0.2) is 0 Å². The van der Waals surface area contributed by atoms with Crippen molar-refractivity contribution in [1.29, 1.82) is 0 Å². The van der Waals surface area contributed by atoms with E-state index in [2.05, 4.69) is 10.4 Å². The van der Waals surface area contributed by atoms with Crippen LogP contribution in [0.3, 0.4) is 0 Å². The van der Waals surface area contributed by atoms with E-state index in [1.807, 2.05) is 17.1 Å². The molecule has 0 bridgehead atoms. The number of phenols is 1. The number of hydrogen-bond donors (Lipinski definition) is 2.